The third-order valence-corrected chi connectivity index (χ3v) is 2.63. The Balaban J connectivity index is 2.17. The molecule has 1 spiro atoms. The first-order chi connectivity index (χ1) is 4.75. The van der Waals surface area contributed by atoms with E-state index < -0.39 is 0 Å². The topological polar surface area (TPSA) is 29.5 Å². The van der Waals surface area contributed by atoms with E-state index in [9.17, 15) is 4.79 Å². The van der Waals surface area contributed by atoms with Gasteiger partial charge >= 0.3 is 0 Å². The highest BCUT2D eigenvalue weighted by Gasteiger charge is 2.48. The molecule has 2 aliphatic heterocycles. The van der Waals surface area contributed by atoms with Gasteiger partial charge in [-0.2, -0.15) is 0 Å². The summed E-state index contributed by atoms with van der Waals surface area (Å²) in [6.07, 6.45) is 1.70. The number of ether oxygens (including phenoxy) is 1. The van der Waals surface area contributed by atoms with E-state index in [-0.39, 0.29) is 11.4 Å². The highest BCUT2D eigenvalue weighted by Crippen LogP contribution is 2.34. The van der Waals surface area contributed by atoms with Crippen molar-refractivity contribution in [2.24, 2.45) is 0 Å². The lowest BCUT2D eigenvalue weighted by Gasteiger charge is -2.43. The molecule has 0 bridgehead atoms. The molecule has 10 heavy (non-hydrogen) atoms. The molecular formula is C7H11NO2. The van der Waals surface area contributed by atoms with Gasteiger partial charge in [-0.25, -0.2) is 0 Å². The Labute approximate surface area is 60.0 Å². The summed E-state index contributed by atoms with van der Waals surface area (Å²) in [6, 6.07) is 0. The lowest BCUT2D eigenvalue weighted by atomic mass is 9.95. The van der Waals surface area contributed by atoms with Gasteiger partial charge in [-0.1, -0.05) is 0 Å². The third kappa shape index (κ3) is 0.560. The summed E-state index contributed by atoms with van der Waals surface area (Å²) >= 11 is 0. The van der Waals surface area contributed by atoms with E-state index in [1.54, 1.807) is 0 Å². The minimum atomic E-state index is 0.108. The molecule has 0 aromatic carbocycles. The monoisotopic (exact) mass is 141 g/mol. The van der Waals surface area contributed by atoms with E-state index in [1.165, 1.54) is 0 Å². The lowest BCUT2D eigenvalue weighted by molar-refractivity contribution is -0.148. The Bertz CT molecular complexity index is 174. The molecule has 3 nitrogen and oxygen atoms in total. The fourth-order valence-corrected chi connectivity index (χ4v) is 1.62. The Hall–Kier alpha value is -0.570. The molecule has 2 heterocycles. The number of hydrogen-bond acceptors (Lipinski definition) is 2. The molecule has 3 heteroatoms. The molecule has 0 aliphatic carbocycles. The van der Waals surface area contributed by atoms with Crippen LogP contribution in [0.3, 0.4) is 0 Å². The molecule has 0 radical (unpaired) electrons. The number of hydrogen-bond donors (Lipinski definition) is 0. The molecule has 56 valence electrons. The van der Waals surface area contributed by atoms with Crippen molar-refractivity contribution in [1.82, 2.24) is 4.90 Å². The average molecular weight is 141 g/mol. The van der Waals surface area contributed by atoms with Gasteiger partial charge in [-0.05, 0) is 6.42 Å². The van der Waals surface area contributed by atoms with Crippen molar-refractivity contribution >= 4 is 5.91 Å². The number of likely N-dealkylation sites (N-methyl/N-ethyl adjacent to an activating group) is 1. The largest absolute Gasteiger partial charge is 0.376 e. The van der Waals surface area contributed by atoms with Gasteiger partial charge in [0.05, 0.1) is 18.8 Å². The Morgan fingerprint density at radius 1 is 1.60 bits per heavy atom. The molecule has 2 rings (SSSR count). The lowest BCUT2D eigenvalue weighted by Crippen LogP contribution is -2.58. The van der Waals surface area contributed by atoms with Crippen LogP contribution in [0, 0.1) is 0 Å². The van der Waals surface area contributed by atoms with Crippen molar-refractivity contribution in [2.45, 2.75) is 18.4 Å². The molecule has 0 saturated carbocycles. The minimum absolute atomic E-state index is 0.108. The zero-order valence-corrected chi connectivity index (χ0v) is 6.09. The van der Waals surface area contributed by atoms with Crippen molar-refractivity contribution in [3.05, 3.63) is 0 Å². The summed E-state index contributed by atoms with van der Waals surface area (Å²) < 4.78 is 5.08. The van der Waals surface area contributed by atoms with Crippen LogP contribution >= 0.6 is 0 Å². The Kier molecular flexibility index (Phi) is 1.06. The van der Waals surface area contributed by atoms with Gasteiger partial charge < -0.3 is 9.64 Å². The maximum Gasteiger partial charge on any atom is 0.223 e. The summed E-state index contributed by atoms with van der Waals surface area (Å²) in [6.45, 7) is 1.49. The van der Waals surface area contributed by atoms with Gasteiger partial charge in [0.2, 0.25) is 5.91 Å². The van der Waals surface area contributed by atoms with Crippen molar-refractivity contribution < 1.29 is 9.53 Å². The van der Waals surface area contributed by atoms with E-state index in [1.807, 2.05) is 11.9 Å². The van der Waals surface area contributed by atoms with Crippen molar-refractivity contribution in [2.75, 3.05) is 20.3 Å². The molecule has 0 atom stereocenters. The minimum Gasteiger partial charge on any atom is -0.376 e. The molecule has 1 amide bonds. The smallest absolute Gasteiger partial charge is 0.223 e. The number of rotatable bonds is 0. The van der Waals surface area contributed by atoms with Crippen LogP contribution in [0.15, 0.2) is 0 Å². The fraction of sp³-hybridized carbons (Fsp3) is 0.857. The van der Waals surface area contributed by atoms with E-state index in [0.717, 1.165) is 19.6 Å². The summed E-state index contributed by atoms with van der Waals surface area (Å²) in [4.78, 5) is 12.9. The number of carbonyl (C=O) groups is 1. The van der Waals surface area contributed by atoms with Gasteiger partial charge in [0, 0.05) is 13.5 Å². The molecule has 0 unspecified atom stereocenters. The van der Waals surface area contributed by atoms with Crippen molar-refractivity contribution in [3.8, 4) is 0 Å². The van der Waals surface area contributed by atoms with E-state index in [2.05, 4.69) is 0 Å². The van der Waals surface area contributed by atoms with E-state index >= 15 is 0 Å². The molecular weight excluding hydrogens is 130 g/mol. The zero-order chi connectivity index (χ0) is 7.19. The van der Waals surface area contributed by atoms with E-state index in [0.29, 0.717) is 6.42 Å². The van der Waals surface area contributed by atoms with Gasteiger partial charge in [0.1, 0.15) is 0 Å². The van der Waals surface area contributed by atoms with Crippen LogP contribution in [0.2, 0.25) is 0 Å². The highest BCUT2D eigenvalue weighted by atomic mass is 16.5. The van der Waals surface area contributed by atoms with Gasteiger partial charge in [-0.15, -0.1) is 0 Å². The van der Waals surface area contributed by atoms with Crippen molar-refractivity contribution in [3.63, 3.8) is 0 Å². The summed E-state index contributed by atoms with van der Waals surface area (Å²) in [5.41, 5.74) is 0.108. The van der Waals surface area contributed by atoms with Gasteiger partial charge in [0.25, 0.3) is 0 Å². The summed E-state index contributed by atoms with van der Waals surface area (Å²) in [7, 11) is 1.87. The molecule has 2 saturated heterocycles. The average Bonchev–Trinajstić information content (AvgIpc) is 2.10. The summed E-state index contributed by atoms with van der Waals surface area (Å²) in [5.74, 6) is 0.267. The van der Waals surface area contributed by atoms with Crippen LogP contribution in [0.5, 0.6) is 0 Å². The van der Waals surface area contributed by atoms with Crippen LogP contribution in [-0.4, -0.2) is 36.6 Å². The highest BCUT2D eigenvalue weighted by molar-refractivity contribution is 5.79. The number of nitrogens with zero attached hydrogens (tertiary/aromatic N) is 1. The summed E-state index contributed by atoms with van der Waals surface area (Å²) in [5, 5.41) is 0. The predicted molar refractivity (Wildman–Crippen MR) is 35.6 cm³/mol. The quantitative estimate of drug-likeness (QED) is 0.475. The third-order valence-electron chi connectivity index (χ3n) is 2.63. The number of carbonyl (C=O) groups excluding carboxylic acids is 1. The SMILES string of the molecule is CN1C(=O)CCC12COC2. The Morgan fingerprint density at radius 3 is 2.50 bits per heavy atom. The first kappa shape index (κ1) is 6.16. The van der Waals surface area contributed by atoms with Crippen LogP contribution in [0.1, 0.15) is 12.8 Å². The van der Waals surface area contributed by atoms with Gasteiger partial charge in [0.15, 0.2) is 0 Å². The van der Waals surface area contributed by atoms with E-state index in [4.69, 9.17) is 4.74 Å². The molecule has 2 fully saturated rings. The fourth-order valence-electron chi connectivity index (χ4n) is 1.62. The van der Waals surface area contributed by atoms with Crippen LogP contribution in [0.25, 0.3) is 0 Å². The molecule has 0 aromatic heterocycles. The second-order valence-corrected chi connectivity index (χ2v) is 3.17. The maximum atomic E-state index is 11.1. The first-order valence-corrected chi connectivity index (χ1v) is 3.59. The maximum absolute atomic E-state index is 11.1. The number of amides is 1. The number of likely N-dealkylation sites (tertiary alicyclic amines) is 1. The zero-order valence-electron chi connectivity index (χ0n) is 6.09. The Morgan fingerprint density at radius 2 is 2.30 bits per heavy atom. The first-order valence-electron chi connectivity index (χ1n) is 3.59. The molecule has 0 aromatic rings. The molecule has 2 aliphatic rings. The second-order valence-electron chi connectivity index (χ2n) is 3.17. The van der Waals surface area contributed by atoms with Crippen LogP contribution in [0.4, 0.5) is 0 Å². The predicted octanol–water partition coefficient (Wildman–Crippen LogP) is 0.00760. The van der Waals surface area contributed by atoms with Crippen molar-refractivity contribution in [1.29, 1.82) is 0 Å². The van der Waals surface area contributed by atoms with Crippen LogP contribution < -0.4 is 0 Å². The molecule has 0 N–H and O–H groups in total. The van der Waals surface area contributed by atoms with Gasteiger partial charge in [-0.3, -0.25) is 4.79 Å². The standard InChI is InChI=1S/C7H11NO2/c1-8-6(9)2-3-7(8)4-10-5-7/h2-5H2,1H3. The van der Waals surface area contributed by atoms with Crippen LogP contribution in [-0.2, 0) is 9.53 Å². The normalized spacial score (nSPS) is 29.3. The second kappa shape index (κ2) is 1.72.